The number of Topliss-reactive ketones (excluding diaryl/α,β-unsaturated/α-hetero) is 1. The molecule has 0 heterocycles. The number of ketones is 1. The maximum Gasteiger partial charge on any atom is 0.306 e. The topological polar surface area (TPSA) is 54.4 Å². The van der Waals surface area contributed by atoms with Gasteiger partial charge in [-0.25, -0.2) is 0 Å². The summed E-state index contributed by atoms with van der Waals surface area (Å²) in [6.45, 7) is 4.41. The molecule has 0 aliphatic rings. The molecule has 1 atom stereocenters. The maximum atomic E-state index is 12.8. The van der Waals surface area contributed by atoms with Gasteiger partial charge in [0, 0.05) is 23.5 Å². The van der Waals surface area contributed by atoms with E-state index in [4.69, 9.17) is 0 Å². The number of benzene rings is 3. The largest absolute Gasteiger partial charge is 0.481 e. The highest BCUT2D eigenvalue weighted by Gasteiger charge is 2.21. The Morgan fingerprint density at radius 2 is 1.38 bits per heavy atom. The Morgan fingerprint density at radius 1 is 0.784 bits per heavy atom. The van der Waals surface area contributed by atoms with Gasteiger partial charge in [-0.05, 0) is 60.9 Å². The third-order valence-electron chi connectivity index (χ3n) is 6.76. The average Bonchev–Trinajstić information content (AvgIpc) is 2.92. The van der Waals surface area contributed by atoms with E-state index in [9.17, 15) is 14.7 Å². The summed E-state index contributed by atoms with van der Waals surface area (Å²) < 4.78 is 0. The fraction of sp³-hybridized carbons (Fsp3) is 0.353. The predicted octanol–water partition coefficient (Wildman–Crippen LogP) is 8.22. The van der Waals surface area contributed by atoms with Crippen molar-refractivity contribution < 1.29 is 14.7 Å². The molecule has 3 aromatic carbocycles. The van der Waals surface area contributed by atoms with Crippen LogP contribution in [-0.2, 0) is 11.2 Å². The van der Waals surface area contributed by atoms with Gasteiger partial charge in [-0.3, -0.25) is 9.59 Å². The summed E-state index contributed by atoms with van der Waals surface area (Å²) in [6.07, 6.45) is 6.66. The molecule has 1 N–H and O–H groups in total. The Hall–Kier alpha value is -3.64. The molecule has 0 amide bonds. The van der Waals surface area contributed by atoms with Crippen molar-refractivity contribution in [2.24, 2.45) is 11.8 Å². The lowest BCUT2D eigenvalue weighted by Crippen LogP contribution is -2.18. The Labute approximate surface area is 222 Å². The third kappa shape index (κ3) is 9.07. The second-order valence-corrected chi connectivity index (χ2v) is 9.74. The van der Waals surface area contributed by atoms with Gasteiger partial charge in [0.05, 0.1) is 5.92 Å². The van der Waals surface area contributed by atoms with Crippen molar-refractivity contribution in [3.05, 3.63) is 95.6 Å². The third-order valence-corrected chi connectivity index (χ3v) is 6.76. The van der Waals surface area contributed by atoms with Gasteiger partial charge >= 0.3 is 5.97 Å². The zero-order valence-electron chi connectivity index (χ0n) is 22.1. The van der Waals surface area contributed by atoms with E-state index >= 15 is 0 Å². The van der Waals surface area contributed by atoms with Crippen LogP contribution < -0.4 is 0 Å². The lowest BCUT2D eigenvalue weighted by Gasteiger charge is -2.12. The smallest absolute Gasteiger partial charge is 0.306 e. The van der Waals surface area contributed by atoms with Crippen molar-refractivity contribution in [1.82, 2.24) is 0 Å². The summed E-state index contributed by atoms with van der Waals surface area (Å²) in [5.74, 6) is 5.52. The van der Waals surface area contributed by atoms with Gasteiger partial charge in [-0.15, -0.1) is 0 Å². The minimum atomic E-state index is -0.906. The first-order chi connectivity index (χ1) is 18.0. The quantitative estimate of drug-likeness (QED) is 0.192. The van der Waals surface area contributed by atoms with Crippen molar-refractivity contribution in [1.29, 1.82) is 0 Å². The van der Waals surface area contributed by atoms with Crippen molar-refractivity contribution in [2.45, 2.75) is 65.2 Å². The highest BCUT2D eigenvalue weighted by molar-refractivity contribution is 5.98. The first-order valence-corrected chi connectivity index (χ1v) is 13.5. The first-order valence-electron chi connectivity index (χ1n) is 13.5. The van der Waals surface area contributed by atoms with Gasteiger partial charge in [0.1, 0.15) is 0 Å². The minimum Gasteiger partial charge on any atom is -0.481 e. The van der Waals surface area contributed by atoms with Gasteiger partial charge < -0.3 is 5.11 Å². The molecule has 0 bridgehead atoms. The first kappa shape index (κ1) is 27.9. The molecular formula is C34H38O3. The van der Waals surface area contributed by atoms with E-state index in [1.807, 2.05) is 54.6 Å². The van der Waals surface area contributed by atoms with Gasteiger partial charge in [-0.2, -0.15) is 0 Å². The van der Waals surface area contributed by atoms with Crippen LogP contribution in [0.15, 0.2) is 78.9 Å². The number of aryl methyl sites for hydroxylation is 1. The minimum absolute atomic E-state index is 0.0217. The van der Waals surface area contributed by atoms with Crippen LogP contribution in [0.25, 0.3) is 11.1 Å². The van der Waals surface area contributed by atoms with Gasteiger partial charge in [0.15, 0.2) is 5.78 Å². The zero-order chi connectivity index (χ0) is 26.5. The summed E-state index contributed by atoms with van der Waals surface area (Å²) in [5.41, 5.74) is 4.83. The van der Waals surface area contributed by atoms with Gasteiger partial charge in [0.2, 0.25) is 0 Å². The average molecular weight is 495 g/mol. The number of carbonyl (C=O) groups is 2. The van der Waals surface area contributed by atoms with E-state index in [0.29, 0.717) is 17.9 Å². The molecule has 0 aliphatic carbocycles. The van der Waals surface area contributed by atoms with Crippen LogP contribution in [0.1, 0.15) is 80.3 Å². The molecule has 37 heavy (non-hydrogen) atoms. The second kappa shape index (κ2) is 14.8. The van der Waals surface area contributed by atoms with E-state index in [-0.39, 0.29) is 12.2 Å². The molecule has 3 rings (SSSR count). The molecular weight excluding hydrogens is 456 g/mol. The molecule has 0 saturated heterocycles. The number of aliphatic carboxylic acids is 1. The molecule has 192 valence electrons. The number of hydrogen-bond donors (Lipinski definition) is 1. The van der Waals surface area contributed by atoms with Crippen LogP contribution in [0, 0.1) is 23.7 Å². The molecule has 3 aromatic rings. The Balaban J connectivity index is 1.58. The molecule has 1 unspecified atom stereocenters. The van der Waals surface area contributed by atoms with E-state index in [1.54, 1.807) is 12.1 Å². The lowest BCUT2D eigenvalue weighted by molar-refractivity contribution is -0.141. The molecule has 0 aliphatic heterocycles. The predicted molar refractivity (Wildman–Crippen MR) is 152 cm³/mol. The molecule has 0 radical (unpaired) electrons. The summed E-state index contributed by atoms with van der Waals surface area (Å²) in [7, 11) is 0. The number of carboxylic acids is 1. The van der Waals surface area contributed by atoms with E-state index in [0.717, 1.165) is 55.2 Å². The number of carboxylic acid groups (broad SMARTS) is 1. The van der Waals surface area contributed by atoms with E-state index in [1.165, 1.54) is 5.56 Å². The van der Waals surface area contributed by atoms with Crippen LogP contribution in [0.5, 0.6) is 0 Å². The maximum absolute atomic E-state index is 12.8. The lowest BCUT2D eigenvalue weighted by atomic mass is 9.92. The summed E-state index contributed by atoms with van der Waals surface area (Å²) in [5, 5.41) is 9.64. The van der Waals surface area contributed by atoms with Crippen LogP contribution in [-0.4, -0.2) is 16.9 Å². The van der Waals surface area contributed by atoms with Gasteiger partial charge in [-0.1, -0.05) is 105 Å². The molecule has 0 fully saturated rings. The number of rotatable bonds is 13. The van der Waals surface area contributed by atoms with Crippen molar-refractivity contribution in [2.75, 3.05) is 0 Å². The van der Waals surface area contributed by atoms with Crippen LogP contribution in [0.4, 0.5) is 0 Å². The van der Waals surface area contributed by atoms with E-state index in [2.05, 4.69) is 37.8 Å². The molecule has 0 saturated carbocycles. The number of hydrogen-bond acceptors (Lipinski definition) is 2. The highest BCUT2D eigenvalue weighted by atomic mass is 16.4. The monoisotopic (exact) mass is 494 g/mol. The van der Waals surface area contributed by atoms with Crippen LogP contribution in [0.2, 0.25) is 0 Å². The normalized spacial score (nSPS) is 11.5. The van der Waals surface area contributed by atoms with Crippen LogP contribution in [0.3, 0.4) is 0 Å². The Bertz CT molecular complexity index is 1180. The Morgan fingerprint density at radius 3 is 1.95 bits per heavy atom. The molecule has 3 heteroatoms. The second-order valence-electron chi connectivity index (χ2n) is 9.74. The Kier molecular flexibility index (Phi) is 11.2. The fourth-order valence-electron chi connectivity index (χ4n) is 4.62. The number of carbonyl (C=O) groups excluding carboxylic acids is 1. The van der Waals surface area contributed by atoms with Gasteiger partial charge in [0.25, 0.3) is 0 Å². The summed E-state index contributed by atoms with van der Waals surface area (Å²) in [4.78, 5) is 24.6. The standard InChI is InChI=1S/C34H38O3/c1-3-9-26(10-4-2)15-16-28-17-19-29(20-18-28)30-21-23-31(24-22-30)33(35)25-32(34(36)37)14-8-13-27-11-6-5-7-12-27/h5-7,11-12,17-24,26,32H,3-4,8-10,13-14,25H2,1-2H3,(H,36,37). The molecule has 0 spiro atoms. The summed E-state index contributed by atoms with van der Waals surface area (Å²) >= 11 is 0. The van der Waals surface area contributed by atoms with Crippen molar-refractivity contribution in [3.8, 4) is 23.0 Å². The molecule has 0 aromatic heterocycles. The zero-order valence-corrected chi connectivity index (χ0v) is 22.1. The van der Waals surface area contributed by atoms with E-state index < -0.39 is 11.9 Å². The SMILES string of the molecule is CCCC(C#Cc1ccc(-c2ccc(C(=O)CC(CCCc3ccccc3)C(=O)O)cc2)cc1)CCC. The summed E-state index contributed by atoms with van der Waals surface area (Å²) in [6, 6.07) is 25.7. The van der Waals surface area contributed by atoms with Crippen molar-refractivity contribution >= 4 is 11.8 Å². The highest BCUT2D eigenvalue weighted by Crippen LogP contribution is 2.23. The van der Waals surface area contributed by atoms with Crippen molar-refractivity contribution in [3.63, 3.8) is 0 Å². The van der Waals surface area contributed by atoms with Crippen LogP contribution >= 0.6 is 0 Å². The molecule has 3 nitrogen and oxygen atoms in total. The fourth-order valence-corrected chi connectivity index (χ4v) is 4.62.